The van der Waals surface area contributed by atoms with Gasteiger partial charge >= 0.3 is 0 Å². The van der Waals surface area contributed by atoms with Gasteiger partial charge in [-0.2, -0.15) is 5.26 Å². The number of hydrogen-bond donors (Lipinski definition) is 0. The van der Waals surface area contributed by atoms with Crippen molar-refractivity contribution in [2.75, 3.05) is 0 Å². The number of pyridine rings is 1. The molecular formula is C21H18N4O2. The predicted molar refractivity (Wildman–Crippen MR) is 104 cm³/mol. The van der Waals surface area contributed by atoms with Gasteiger partial charge in [-0.25, -0.2) is 4.98 Å². The summed E-state index contributed by atoms with van der Waals surface area (Å²) < 4.78 is 2.05. The number of hydrogen-bond acceptors (Lipinski definition) is 4. The molecule has 27 heavy (non-hydrogen) atoms. The molecule has 0 aliphatic rings. The zero-order valence-electron chi connectivity index (χ0n) is 15.3. The molecule has 6 nitrogen and oxygen atoms in total. The zero-order valence-corrected chi connectivity index (χ0v) is 15.3. The topological polar surface area (TPSA) is 84.8 Å². The van der Waals surface area contributed by atoms with Crippen LogP contribution in [0, 0.1) is 42.2 Å². The van der Waals surface area contributed by atoms with Crippen molar-refractivity contribution in [3.63, 3.8) is 0 Å². The first-order chi connectivity index (χ1) is 12.9. The summed E-state index contributed by atoms with van der Waals surface area (Å²) in [6.45, 7) is 5.99. The number of non-ortho nitro benzene ring substituents is 1. The van der Waals surface area contributed by atoms with E-state index in [2.05, 4.69) is 11.1 Å². The third-order valence-corrected chi connectivity index (χ3v) is 4.41. The van der Waals surface area contributed by atoms with Crippen molar-refractivity contribution in [1.29, 1.82) is 5.26 Å². The van der Waals surface area contributed by atoms with E-state index >= 15 is 0 Å². The molecule has 1 aromatic carbocycles. The molecule has 0 bridgehead atoms. The van der Waals surface area contributed by atoms with Gasteiger partial charge in [0.1, 0.15) is 5.82 Å². The number of nitro benzene ring substituents is 1. The Kier molecular flexibility index (Phi) is 4.86. The van der Waals surface area contributed by atoms with Crippen LogP contribution in [0.1, 0.15) is 28.1 Å². The van der Waals surface area contributed by atoms with Gasteiger partial charge in [-0.15, -0.1) is 0 Å². The van der Waals surface area contributed by atoms with E-state index in [1.54, 1.807) is 24.4 Å². The van der Waals surface area contributed by atoms with Gasteiger partial charge in [0.25, 0.3) is 5.69 Å². The molecule has 0 spiro atoms. The molecule has 0 atom stereocenters. The minimum atomic E-state index is -0.456. The third kappa shape index (κ3) is 3.62. The number of allylic oxidation sites excluding steroid dienone is 1. The van der Waals surface area contributed by atoms with Gasteiger partial charge < -0.3 is 4.57 Å². The second kappa shape index (κ2) is 7.26. The van der Waals surface area contributed by atoms with Gasteiger partial charge in [-0.1, -0.05) is 0 Å². The monoisotopic (exact) mass is 358 g/mol. The number of nitriles is 1. The molecule has 2 heterocycles. The van der Waals surface area contributed by atoms with Crippen molar-refractivity contribution in [3.05, 3.63) is 86.9 Å². The third-order valence-electron chi connectivity index (χ3n) is 4.41. The van der Waals surface area contributed by atoms with Crippen LogP contribution in [-0.4, -0.2) is 14.5 Å². The lowest BCUT2D eigenvalue weighted by molar-refractivity contribution is -0.384. The van der Waals surface area contributed by atoms with Crippen molar-refractivity contribution in [2.45, 2.75) is 20.8 Å². The zero-order chi connectivity index (χ0) is 19.6. The number of aryl methyl sites for hydroxylation is 2. The van der Waals surface area contributed by atoms with Crippen molar-refractivity contribution < 1.29 is 4.92 Å². The van der Waals surface area contributed by atoms with Crippen LogP contribution in [0.2, 0.25) is 0 Å². The van der Waals surface area contributed by atoms with Gasteiger partial charge in [0.2, 0.25) is 0 Å². The highest BCUT2D eigenvalue weighted by Gasteiger charge is 2.12. The number of rotatable bonds is 4. The first-order valence-corrected chi connectivity index (χ1v) is 8.39. The van der Waals surface area contributed by atoms with Crippen LogP contribution in [0.5, 0.6) is 0 Å². The van der Waals surface area contributed by atoms with E-state index in [1.165, 1.54) is 12.1 Å². The van der Waals surface area contributed by atoms with Gasteiger partial charge in [0.05, 0.1) is 16.6 Å². The fourth-order valence-corrected chi connectivity index (χ4v) is 3.03. The molecule has 134 valence electrons. The minimum absolute atomic E-state index is 0.000241. The molecule has 0 N–H and O–H groups in total. The van der Waals surface area contributed by atoms with Crippen LogP contribution in [-0.2, 0) is 0 Å². The Morgan fingerprint density at radius 3 is 2.48 bits per heavy atom. The molecule has 0 aliphatic heterocycles. The van der Waals surface area contributed by atoms with Crippen molar-refractivity contribution in [1.82, 2.24) is 9.55 Å². The van der Waals surface area contributed by atoms with E-state index in [0.717, 1.165) is 28.3 Å². The Morgan fingerprint density at radius 2 is 1.89 bits per heavy atom. The van der Waals surface area contributed by atoms with Crippen molar-refractivity contribution >= 4 is 17.3 Å². The summed E-state index contributed by atoms with van der Waals surface area (Å²) in [7, 11) is 0. The molecule has 0 unspecified atom stereocenters. The fourth-order valence-electron chi connectivity index (χ4n) is 3.03. The van der Waals surface area contributed by atoms with Crippen LogP contribution in [0.25, 0.3) is 17.5 Å². The van der Waals surface area contributed by atoms with Crippen LogP contribution < -0.4 is 0 Å². The Balaban J connectivity index is 2.04. The maximum Gasteiger partial charge on any atom is 0.269 e. The Bertz CT molecular complexity index is 1090. The summed E-state index contributed by atoms with van der Waals surface area (Å²) in [5.74, 6) is 0.832. The summed E-state index contributed by atoms with van der Waals surface area (Å²) in [4.78, 5) is 14.8. The lowest BCUT2D eigenvalue weighted by atomic mass is 10.0. The minimum Gasteiger partial charge on any atom is -0.303 e. The molecule has 0 saturated heterocycles. The number of nitrogens with zero attached hydrogens (tertiary/aromatic N) is 4. The largest absolute Gasteiger partial charge is 0.303 e. The SMILES string of the molecule is Cc1ccnc(-n2c(C)cc(C=C(C#N)c3ccc([N+](=O)[O-])cc3)c2C)c1. The molecule has 6 heteroatoms. The number of aromatic nitrogens is 2. The van der Waals surface area contributed by atoms with E-state index < -0.39 is 4.92 Å². The van der Waals surface area contributed by atoms with Gasteiger partial charge in [-0.05, 0) is 73.9 Å². The standard InChI is InChI=1S/C21H18N4O2/c1-14-8-9-23-21(10-14)24-15(2)11-18(16(24)3)12-19(13-22)17-4-6-20(7-5-17)25(26)27/h4-12H,1-3H3. The van der Waals surface area contributed by atoms with Crippen molar-refractivity contribution in [3.8, 4) is 11.9 Å². The molecule has 0 saturated carbocycles. The normalized spacial score (nSPS) is 11.3. The molecule has 0 radical (unpaired) electrons. The Hall–Kier alpha value is -3.72. The van der Waals surface area contributed by atoms with Crippen LogP contribution in [0.4, 0.5) is 5.69 Å². The number of nitro groups is 1. The highest BCUT2D eigenvalue weighted by molar-refractivity contribution is 5.90. The van der Waals surface area contributed by atoms with Gasteiger partial charge in [-0.3, -0.25) is 10.1 Å². The van der Waals surface area contributed by atoms with Crippen LogP contribution >= 0.6 is 0 Å². The smallest absolute Gasteiger partial charge is 0.269 e. The molecule has 3 aromatic rings. The summed E-state index contributed by atoms with van der Waals surface area (Å²) in [5, 5.41) is 20.4. The molecule has 2 aromatic heterocycles. The maximum absolute atomic E-state index is 10.8. The summed E-state index contributed by atoms with van der Waals surface area (Å²) >= 11 is 0. The van der Waals surface area contributed by atoms with Gasteiger partial charge in [0, 0.05) is 29.7 Å². The van der Waals surface area contributed by atoms with Crippen LogP contribution in [0.15, 0.2) is 48.7 Å². The van der Waals surface area contributed by atoms with E-state index in [0.29, 0.717) is 11.1 Å². The molecular weight excluding hydrogens is 340 g/mol. The average molecular weight is 358 g/mol. The lowest BCUT2D eigenvalue weighted by Crippen LogP contribution is -2.01. The van der Waals surface area contributed by atoms with Crippen molar-refractivity contribution in [2.24, 2.45) is 0 Å². The molecule has 3 rings (SSSR count). The summed E-state index contributed by atoms with van der Waals surface area (Å²) in [6, 6.07) is 14.1. The maximum atomic E-state index is 10.8. The molecule has 0 amide bonds. The predicted octanol–water partition coefficient (Wildman–Crippen LogP) is 4.77. The van der Waals surface area contributed by atoms with E-state index in [1.807, 2.05) is 43.5 Å². The van der Waals surface area contributed by atoms with Crippen LogP contribution in [0.3, 0.4) is 0 Å². The van der Waals surface area contributed by atoms with Gasteiger partial charge in [0.15, 0.2) is 0 Å². The fraction of sp³-hybridized carbons (Fsp3) is 0.143. The molecule has 0 aliphatic carbocycles. The van der Waals surface area contributed by atoms with E-state index in [4.69, 9.17) is 0 Å². The average Bonchev–Trinajstić information content (AvgIpc) is 2.93. The first kappa shape index (κ1) is 18.1. The van der Waals surface area contributed by atoms with E-state index in [-0.39, 0.29) is 5.69 Å². The summed E-state index contributed by atoms with van der Waals surface area (Å²) in [6.07, 6.45) is 3.58. The quantitative estimate of drug-likeness (QED) is 0.382. The Morgan fingerprint density at radius 1 is 1.19 bits per heavy atom. The highest BCUT2D eigenvalue weighted by Crippen LogP contribution is 2.25. The second-order valence-electron chi connectivity index (χ2n) is 6.33. The second-order valence-corrected chi connectivity index (χ2v) is 6.33. The number of benzene rings is 1. The first-order valence-electron chi connectivity index (χ1n) is 8.39. The van der Waals surface area contributed by atoms with E-state index in [9.17, 15) is 15.4 Å². The molecule has 0 fully saturated rings. The summed E-state index contributed by atoms with van der Waals surface area (Å²) in [5.41, 5.74) is 5.10. The Labute approximate surface area is 157 Å². The highest BCUT2D eigenvalue weighted by atomic mass is 16.6. The lowest BCUT2D eigenvalue weighted by Gasteiger charge is -2.09.